The van der Waals surface area contributed by atoms with E-state index in [0.717, 1.165) is 22.1 Å². The van der Waals surface area contributed by atoms with Gasteiger partial charge in [0, 0.05) is 26.7 Å². The van der Waals surface area contributed by atoms with Crippen molar-refractivity contribution in [2.45, 2.75) is 18.9 Å². The van der Waals surface area contributed by atoms with E-state index in [4.69, 9.17) is 5.73 Å². The van der Waals surface area contributed by atoms with Crippen molar-refractivity contribution in [1.29, 1.82) is 0 Å². The molecular formula is C10H17N5O2. The van der Waals surface area contributed by atoms with Crippen molar-refractivity contribution in [3.05, 3.63) is 20.8 Å². The van der Waals surface area contributed by atoms with Crippen LogP contribution in [-0.2, 0) is 14.1 Å². The fourth-order valence-electron chi connectivity index (χ4n) is 1.83. The summed E-state index contributed by atoms with van der Waals surface area (Å²) in [5.41, 5.74) is 4.81. The second-order valence-electron chi connectivity index (χ2n) is 4.44. The van der Waals surface area contributed by atoms with Gasteiger partial charge in [0.2, 0.25) is 5.82 Å². The van der Waals surface area contributed by atoms with Gasteiger partial charge in [-0.1, -0.05) is 0 Å². The van der Waals surface area contributed by atoms with Crippen LogP contribution >= 0.6 is 0 Å². The molecule has 0 radical (unpaired) electrons. The van der Waals surface area contributed by atoms with Crippen LogP contribution in [-0.4, -0.2) is 26.9 Å². The van der Waals surface area contributed by atoms with E-state index >= 15 is 0 Å². The highest BCUT2D eigenvalue weighted by Gasteiger charge is 2.31. The first-order valence-corrected chi connectivity index (χ1v) is 5.65. The number of hydrogen-bond donors (Lipinski definition) is 2. The average Bonchev–Trinajstić information content (AvgIpc) is 3.13. The maximum absolute atomic E-state index is 11.8. The molecule has 0 aliphatic heterocycles. The Kier molecular flexibility index (Phi) is 3.01. The number of aromatic nitrogens is 3. The van der Waals surface area contributed by atoms with E-state index in [0.29, 0.717) is 12.5 Å². The van der Waals surface area contributed by atoms with Crippen LogP contribution in [0.15, 0.2) is 9.59 Å². The van der Waals surface area contributed by atoms with Crippen molar-refractivity contribution in [2.75, 3.05) is 11.9 Å². The summed E-state index contributed by atoms with van der Waals surface area (Å²) >= 11 is 0. The minimum atomic E-state index is -0.434. The summed E-state index contributed by atoms with van der Waals surface area (Å²) in [6, 6.07) is 0.0627. The minimum absolute atomic E-state index is 0.0627. The molecule has 1 heterocycles. The van der Waals surface area contributed by atoms with E-state index in [-0.39, 0.29) is 11.9 Å². The lowest BCUT2D eigenvalue weighted by Crippen LogP contribution is -2.42. The first-order chi connectivity index (χ1) is 8.04. The van der Waals surface area contributed by atoms with Crippen molar-refractivity contribution >= 4 is 5.82 Å². The molecule has 0 amide bonds. The van der Waals surface area contributed by atoms with Crippen LogP contribution in [0.25, 0.3) is 0 Å². The number of hydrogen-bond acceptors (Lipinski definition) is 5. The molecule has 94 valence electrons. The summed E-state index contributed by atoms with van der Waals surface area (Å²) < 4.78 is 2.18. The van der Waals surface area contributed by atoms with Crippen molar-refractivity contribution in [1.82, 2.24) is 14.3 Å². The van der Waals surface area contributed by atoms with E-state index in [1.54, 1.807) is 0 Å². The number of nitrogens with two attached hydrogens (primary N) is 1. The van der Waals surface area contributed by atoms with Crippen LogP contribution in [0.4, 0.5) is 5.82 Å². The summed E-state index contributed by atoms with van der Waals surface area (Å²) in [5, 5.41) is 6.97. The molecule has 1 atom stereocenters. The smallest absolute Gasteiger partial charge is 0.346 e. The molecule has 1 aromatic rings. The van der Waals surface area contributed by atoms with E-state index in [1.165, 1.54) is 14.1 Å². The van der Waals surface area contributed by atoms with Crippen molar-refractivity contribution in [2.24, 2.45) is 25.7 Å². The topological polar surface area (TPSA) is 94.9 Å². The maximum Gasteiger partial charge on any atom is 0.346 e. The molecule has 1 fully saturated rings. The highest BCUT2D eigenvalue weighted by Crippen LogP contribution is 2.33. The molecule has 3 N–H and O–H groups in total. The highest BCUT2D eigenvalue weighted by molar-refractivity contribution is 5.32. The lowest BCUT2D eigenvalue weighted by atomic mass is 10.2. The number of nitrogens with one attached hydrogen (secondary N) is 1. The summed E-state index contributed by atoms with van der Waals surface area (Å²) in [6.07, 6.45) is 2.25. The van der Waals surface area contributed by atoms with E-state index in [1.807, 2.05) is 0 Å². The molecule has 17 heavy (non-hydrogen) atoms. The molecular weight excluding hydrogens is 222 g/mol. The second-order valence-corrected chi connectivity index (χ2v) is 4.44. The first-order valence-electron chi connectivity index (χ1n) is 5.65. The molecule has 0 aromatic carbocycles. The van der Waals surface area contributed by atoms with Crippen LogP contribution < -0.4 is 22.3 Å². The zero-order valence-electron chi connectivity index (χ0n) is 10.0. The third kappa shape index (κ3) is 2.23. The summed E-state index contributed by atoms with van der Waals surface area (Å²) in [5.74, 6) is 0.709. The van der Waals surface area contributed by atoms with Gasteiger partial charge in [0.05, 0.1) is 0 Å². The molecule has 1 unspecified atom stereocenters. The monoisotopic (exact) mass is 239 g/mol. The molecule has 1 aliphatic rings. The normalized spacial score (nSPS) is 16.9. The molecule has 1 aliphatic carbocycles. The van der Waals surface area contributed by atoms with Crippen LogP contribution in [0.5, 0.6) is 0 Å². The van der Waals surface area contributed by atoms with Crippen molar-refractivity contribution in [3.8, 4) is 0 Å². The number of anilines is 1. The lowest BCUT2D eigenvalue weighted by molar-refractivity contribution is 0.585. The van der Waals surface area contributed by atoms with Gasteiger partial charge < -0.3 is 11.1 Å². The van der Waals surface area contributed by atoms with Gasteiger partial charge in [-0.3, -0.25) is 9.36 Å². The van der Waals surface area contributed by atoms with E-state index in [9.17, 15) is 9.59 Å². The van der Waals surface area contributed by atoms with Crippen LogP contribution in [0.2, 0.25) is 0 Å². The van der Waals surface area contributed by atoms with Gasteiger partial charge in [-0.15, -0.1) is 5.10 Å². The Morgan fingerprint density at radius 3 is 2.65 bits per heavy atom. The number of rotatable bonds is 4. The predicted molar refractivity (Wildman–Crippen MR) is 63.9 cm³/mol. The van der Waals surface area contributed by atoms with Gasteiger partial charge in [0.1, 0.15) is 0 Å². The Bertz CT molecular complexity index is 528. The fraction of sp³-hybridized carbons (Fsp3) is 0.700. The first kappa shape index (κ1) is 11.8. The molecule has 7 heteroatoms. The third-order valence-corrected chi connectivity index (χ3v) is 3.09. The zero-order valence-corrected chi connectivity index (χ0v) is 10.0. The second kappa shape index (κ2) is 4.33. The fourth-order valence-corrected chi connectivity index (χ4v) is 1.83. The van der Waals surface area contributed by atoms with Gasteiger partial charge in [-0.25, -0.2) is 9.48 Å². The molecule has 1 saturated carbocycles. The van der Waals surface area contributed by atoms with Crippen molar-refractivity contribution < 1.29 is 0 Å². The molecule has 0 spiro atoms. The van der Waals surface area contributed by atoms with Crippen LogP contribution in [0, 0.1) is 5.92 Å². The minimum Gasteiger partial charge on any atom is -0.360 e. The summed E-state index contributed by atoms with van der Waals surface area (Å²) in [7, 11) is 2.95. The number of nitrogens with zero attached hydrogens (tertiary/aromatic N) is 3. The number of aryl methyl sites for hydroxylation is 1. The quantitative estimate of drug-likeness (QED) is 0.676. The van der Waals surface area contributed by atoms with Crippen molar-refractivity contribution in [3.63, 3.8) is 0 Å². The highest BCUT2D eigenvalue weighted by atomic mass is 16.2. The zero-order chi connectivity index (χ0) is 12.6. The van der Waals surface area contributed by atoms with Crippen LogP contribution in [0.3, 0.4) is 0 Å². The van der Waals surface area contributed by atoms with Gasteiger partial charge >= 0.3 is 5.69 Å². The van der Waals surface area contributed by atoms with Gasteiger partial charge in [-0.05, 0) is 18.8 Å². The Morgan fingerprint density at radius 1 is 1.47 bits per heavy atom. The Morgan fingerprint density at radius 2 is 2.12 bits per heavy atom. The predicted octanol–water partition coefficient (Wildman–Crippen LogP) is -1.37. The Labute approximate surface area is 98.2 Å². The molecule has 0 bridgehead atoms. The standard InChI is InChI=1S/C10H17N5O2/c1-14-9(16)8(13-15(2)10(14)17)12-7(5-11)6-3-4-6/h6-7H,3-5,11H2,1-2H3,(H,12,13). The molecule has 1 aromatic heterocycles. The van der Waals surface area contributed by atoms with Gasteiger partial charge in [-0.2, -0.15) is 0 Å². The Hall–Kier alpha value is -1.63. The molecule has 0 saturated heterocycles. The SMILES string of the molecule is Cn1nc(NC(CN)C2CC2)c(=O)n(C)c1=O. The molecule has 7 nitrogen and oxygen atoms in total. The Balaban J connectivity index is 2.32. The molecule has 2 rings (SSSR count). The summed E-state index contributed by atoms with van der Waals surface area (Å²) in [4.78, 5) is 23.3. The average molecular weight is 239 g/mol. The maximum atomic E-state index is 11.8. The van der Waals surface area contributed by atoms with E-state index < -0.39 is 11.2 Å². The van der Waals surface area contributed by atoms with Crippen LogP contribution in [0.1, 0.15) is 12.8 Å². The summed E-state index contributed by atoms with van der Waals surface area (Å²) in [6.45, 7) is 0.457. The lowest BCUT2D eigenvalue weighted by Gasteiger charge is -2.16. The largest absolute Gasteiger partial charge is 0.360 e. The van der Waals surface area contributed by atoms with Gasteiger partial charge in [0.25, 0.3) is 5.56 Å². The third-order valence-electron chi connectivity index (χ3n) is 3.09. The van der Waals surface area contributed by atoms with Gasteiger partial charge in [0.15, 0.2) is 0 Å². The van der Waals surface area contributed by atoms with E-state index in [2.05, 4.69) is 10.4 Å².